The number of carbonyl (C=O) groups is 1. The lowest BCUT2D eigenvalue weighted by Crippen LogP contribution is -2.32. The molecule has 3 rings (SSSR count). The van der Waals surface area contributed by atoms with Gasteiger partial charge < -0.3 is 10.1 Å². The molecule has 2 aromatic carbocycles. The SMILES string of the molecule is O=C(NC1CCCC1)c1ccc(OCc2ccc([N+](=O)[O-])cc2)cc1. The van der Waals surface area contributed by atoms with E-state index in [0.717, 1.165) is 18.4 Å². The number of nitro groups is 1. The number of benzene rings is 2. The Morgan fingerprint density at radius 1 is 1.08 bits per heavy atom. The molecule has 2 aromatic rings. The Hall–Kier alpha value is -2.89. The van der Waals surface area contributed by atoms with Crippen molar-refractivity contribution in [3.63, 3.8) is 0 Å². The Morgan fingerprint density at radius 3 is 2.32 bits per heavy atom. The van der Waals surface area contributed by atoms with Crippen LogP contribution < -0.4 is 10.1 Å². The van der Waals surface area contributed by atoms with Crippen LogP contribution in [0.25, 0.3) is 0 Å². The summed E-state index contributed by atoms with van der Waals surface area (Å²) >= 11 is 0. The second-order valence-electron chi connectivity index (χ2n) is 6.19. The fourth-order valence-electron chi connectivity index (χ4n) is 2.92. The maximum Gasteiger partial charge on any atom is 0.269 e. The highest BCUT2D eigenvalue weighted by molar-refractivity contribution is 5.94. The van der Waals surface area contributed by atoms with Crippen LogP contribution >= 0.6 is 0 Å². The van der Waals surface area contributed by atoms with Crippen molar-refractivity contribution in [2.75, 3.05) is 0 Å². The van der Waals surface area contributed by atoms with Crippen LogP contribution in [0.5, 0.6) is 5.75 Å². The number of ether oxygens (including phenoxy) is 1. The van der Waals surface area contributed by atoms with Gasteiger partial charge in [0.2, 0.25) is 0 Å². The summed E-state index contributed by atoms with van der Waals surface area (Å²) < 4.78 is 5.66. The molecule has 6 heteroatoms. The molecule has 1 saturated carbocycles. The van der Waals surface area contributed by atoms with Crippen molar-refractivity contribution in [3.05, 3.63) is 69.8 Å². The van der Waals surface area contributed by atoms with E-state index in [9.17, 15) is 14.9 Å². The third kappa shape index (κ3) is 4.56. The average Bonchev–Trinajstić information content (AvgIpc) is 3.13. The molecular weight excluding hydrogens is 320 g/mol. The lowest BCUT2D eigenvalue weighted by molar-refractivity contribution is -0.384. The molecule has 0 aliphatic heterocycles. The monoisotopic (exact) mass is 340 g/mol. The molecular formula is C19H20N2O4. The summed E-state index contributed by atoms with van der Waals surface area (Å²) in [5.41, 5.74) is 1.52. The zero-order valence-corrected chi connectivity index (χ0v) is 13.8. The quantitative estimate of drug-likeness (QED) is 0.640. The molecule has 0 unspecified atom stereocenters. The topological polar surface area (TPSA) is 81.5 Å². The molecule has 0 saturated heterocycles. The number of hydrogen-bond donors (Lipinski definition) is 1. The smallest absolute Gasteiger partial charge is 0.269 e. The lowest BCUT2D eigenvalue weighted by Gasteiger charge is -2.12. The van der Waals surface area contributed by atoms with Crippen molar-refractivity contribution in [3.8, 4) is 5.75 Å². The number of carbonyl (C=O) groups excluding carboxylic acids is 1. The van der Waals surface area contributed by atoms with Gasteiger partial charge in [0.1, 0.15) is 12.4 Å². The zero-order chi connectivity index (χ0) is 17.6. The minimum absolute atomic E-state index is 0.0474. The molecule has 0 radical (unpaired) electrons. The van der Waals surface area contributed by atoms with Gasteiger partial charge in [0, 0.05) is 23.7 Å². The standard InChI is InChI=1S/C19H20N2O4/c22-19(20-16-3-1-2-4-16)15-7-11-18(12-8-15)25-13-14-5-9-17(10-6-14)21(23)24/h5-12,16H,1-4,13H2,(H,20,22). The fraction of sp³-hybridized carbons (Fsp3) is 0.316. The van der Waals surface area contributed by atoms with Gasteiger partial charge in [0.25, 0.3) is 11.6 Å². The molecule has 0 bridgehead atoms. The summed E-state index contributed by atoms with van der Waals surface area (Å²) in [4.78, 5) is 22.4. The van der Waals surface area contributed by atoms with Crippen LogP contribution in [0.2, 0.25) is 0 Å². The van der Waals surface area contributed by atoms with E-state index in [0.29, 0.717) is 24.0 Å². The Labute approximate surface area is 146 Å². The Bertz CT molecular complexity index is 735. The third-order valence-electron chi connectivity index (χ3n) is 4.36. The number of nitro benzene ring substituents is 1. The Kier molecular flexibility index (Phi) is 5.28. The van der Waals surface area contributed by atoms with Gasteiger partial charge in [-0.15, -0.1) is 0 Å². The summed E-state index contributed by atoms with van der Waals surface area (Å²) in [5, 5.41) is 13.7. The number of nitrogens with zero attached hydrogens (tertiary/aromatic N) is 1. The zero-order valence-electron chi connectivity index (χ0n) is 13.8. The maximum atomic E-state index is 12.2. The minimum Gasteiger partial charge on any atom is -0.489 e. The molecule has 130 valence electrons. The van der Waals surface area contributed by atoms with Gasteiger partial charge in [0.05, 0.1) is 4.92 Å². The maximum absolute atomic E-state index is 12.2. The van der Waals surface area contributed by atoms with E-state index in [1.807, 2.05) is 0 Å². The van der Waals surface area contributed by atoms with Crippen molar-refractivity contribution in [1.82, 2.24) is 5.32 Å². The van der Waals surface area contributed by atoms with Gasteiger partial charge in [0.15, 0.2) is 0 Å². The van der Waals surface area contributed by atoms with Crippen LogP contribution in [0.4, 0.5) is 5.69 Å². The van der Waals surface area contributed by atoms with Crippen LogP contribution in [-0.2, 0) is 6.61 Å². The highest BCUT2D eigenvalue weighted by atomic mass is 16.6. The molecule has 0 spiro atoms. The van der Waals surface area contributed by atoms with Crippen molar-refractivity contribution in [2.24, 2.45) is 0 Å². The molecule has 1 amide bonds. The van der Waals surface area contributed by atoms with Gasteiger partial charge in [-0.05, 0) is 54.8 Å². The van der Waals surface area contributed by atoms with Crippen molar-refractivity contribution in [1.29, 1.82) is 0 Å². The molecule has 25 heavy (non-hydrogen) atoms. The largest absolute Gasteiger partial charge is 0.489 e. The molecule has 1 N–H and O–H groups in total. The summed E-state index contributed by atoms with van der Waals surface area (Å²) in [7, 11) is 0. The van der Waals surface area contributed by atoms with E-state index in [2.05, 4.69) is 5.32 Å². The first kappa shape index (κ1) is 17.0. The van der Waals surface area contributed by atoms with E-state index in [4.69, 9.17) is 4.74 Å². The van der Waals surface area contributed by atoms with E-state index < -0.39 is 4.92 Å². The molecule has 6 nitrogen and oxygen atoms in total. The molecule has 0 heterocycles. The highest BCUT2D eigenvalue weighted by Crippen LogP contribution is 2.19. The number of hydrogen-bond acceptors (Lipinski definition) is 4. The second kappa shape index (κ2) is 7.79. The molecule has 0 aromatic heterocycles. The predicted octanol–water partition coefficient (Wildman–Crippen LogP) is 3.85. The lowest BCUT2D eigenvalue weighted by atomic mass is 10.1. The van der Waals surface area contributed by atoms with Gasteiger partial charge in [-0.25, -0.2) is 0 Å². The van der Waals surface area contributed by atoms with Crippen molar-refractivity contribution < 1.29 is 14.5 Å². The Balaban J connectivity index is 1.53. The molecule has 1 fully saturated rings. The summed E-state index contributed by atoms with van der Waals surface area (Å²) in [6.45, 7) is 0.311. The van der Waals surface area contributed by atoms with Gasteiger partial charge >= 0.3 is 0 Å². The van der Waals surface area contributed by atoms with Crippen LogP contribution in [0, 0.1) is 10.1 Å². The first-order valence-electron chi connectivity index (χ1n) is 8.39. The van der Waals surface area contributed by atoms with E-state index in [-0.39, 0.29) is 11.6 Å². The summed E-state index contributed by atoms with van der Waals surface area (Å²) in [6, 6.07) is 13.5. The van der Waals surface area contributed by atoms with Gasteiger partial charge in [-0.2, -0.15) is 0 Å². The molecule has 0 atom stereocenters. The third-order valence-corrected chi connectivity index (χ3v) is 4.36. The second-order valence-corrected chi connectivity index (χ2v) is 6.19. The van der Waals surface area contributed by atoms with Crippen LogP contribution in [0.3, 0.4) is 0 Å². The van der Waals surface area contributed by atoms with E-state index in [1.165, 1.54) is 25.0 Å². The summed E-state index contributed by atoms with van der Waals surface area (Å²) in [6.07, 6.45) is 4.48. The number of rotatable bonds is 6. The van der Waals surface area contributed by atoms with Crippen LogP contribution in [0.1, 0.15) is 41.6 Å². The number of amides is 1. The molecule has 1 aliphatic carbocycles. The molecule has 1 aliphatic rings. The number of non-ortho nitro benzene ring substituents is 1. The fourth-order valence-corrected chi connectivity index (χ4v) is 2.92. The first-order valence-corrected chi connectivity index (χ1v) is 8.39. The normalized spacial score (nSPS) is 14.2. The predicted molar refractivity (Wildman–Crippen MR) is 93.6 cm³/mol. The van der Waals surface area contributed by atoms with Crippen LogP contribution in [0.15, 0.2) is 48.5 Å². The van der Waals surface area contributed by atoms with Crippen molar-refractivity contribution in [2.45, 2.75) is 38.3 Å². The van der Waals surface area contributed by atoms with Crippen LogP contribution in [-0.4, -0.2) is 16.9 Å². The number of nitrogens with one attached hydrogen (secondary N) is 1. The minimum atomic E-state index is -0.431. The van der Waals surface area contributed by atoms with Gasteiger partial charge in [-0.1, -0.05) is 12.8 Å². The average molecular weight is 340 g/mol. The van der Waals surface area contributed by atoms with E-state index in [1.54, 1.807) is 36.4 Å². The summed E-state index contributed by atoms with van der Waals surface area (Å²) in [5.74, 6) is 0.601. The van der Waals surface area contributed by atoms with E-state index >= 15 is 0 Å². The first-order chi connectivity index (χ1) is 12.1. The van der Waals surface area contributed by atoms with Gasteiger partial charge in [-0.3, -0.25) is 14.9 Å². The Morgan fingerprint density at radius 2 is 1.72 bits per heavy atom. The van der Waals surface area contributed by atoms with Crippen molar-refractivity contribution >= 4 is 11.6 Å². The highest BCUT2D eigenvalue weighted by Gasteiger charge is 2.17.